The van der Waals surface area contributed by atoms with Gasteiger partial charge in [0.15, 0.2) is 0 Å². The second-order valence-corrected chi connectivity index (χ2v) is 8.12. The van der Waals surface area contributed by atoms with Gasteiger partial charge in [0.2, 0.25) is 0 Å². The Kier molecular flexibility index (Phi) is 5.10. The van der Waals surface area contributed by atoms with E-state index in [4.69, 9.17) is 0 Å². The summed E-state index contributed by atoms with van der Waals surface area (Å²) in [6.07, 6.45) is 2.02. The summed E-state index contributed by atoms with van der Waals surface area (Å²) in [5.41, 5.74) is 5.02. The van der Waals surface area contributed by atoms with Gasteiger partial charge in [0.1, 0.15) is 17.1 Å². The highest BCUT2D eigenvalue weighted by Gasteiger charge is 2.42. The number of thioether (sulfide) groups is 1. The minimum Gasteiger partial charge on any atom is -0.507 e. The molecular formula is C22H23N3O3S. The number of aliphatic hydroxyl groups is 1. The van der Waals surface area contributed by atoms with Crippen molar-refractivity contribution < 1.29 is 15.0 Å². The molecule has 1 aromatic heterocycles. The molecule has 1 aliphatic rings. The fourth-order valence-electron chi connectivity index (χ4n) is 4.01. The second-order valence-electron chi connectivity index (χ2n) is 7.24. The fraction of sp³-hybridized carbons (Fsp3) is 0.273. The molecule has 0 bridgehead atoms. The Labute approximate surface area is 173 Å². The maximum atomic E-state index is 13.0. The molecule has 4 rings (SSSR count). The number of amides is 1. The highest BCUT2D eigenvalue weighted by molar-refractivity contribution is 7.98. The van der Waals surface area contributed by atoms with Gasteiger partial charge < -0.3 is 15.1 Å². The molecule has 3 N–H and O–H groups in total. The number of H-pyrrole nitrogens is 1. The quantitative estimate of drug-likeness (QED) is 0.560. The maximum Gasteiger partial charge on any atom is 0.273 e. The van der Waals surface area contributed by atoms with Gasteiger partial charge >= 0.3 is 0 Å². The summed E-state index contributed by atoms with van der Waals surface area (Å²) in [7, 11) is 0. The number of aliphatic hydroxyl groups excluding tert-OH is 1. The van der Waals surface area contributed by atoms with Crippen molar-refractivity contribution in [1.82, 2.24) is 15.1 Å². The first-order chi connectivity index (χ1) is 14.0. The lowest BCUT2D eigenvalue weighted by Gasteiger charge is -2.26. The summed E-state index contributed by atoms with van der Waals surface area (Å²) in [6, 6.07) is 11.5. The molecule has 0 spiro atoms. The molecule has 1 atom stereocenters. The Morgan fingerprint density at radius 1 is 1.21 bits per heavy atom. The Balaban J connectivity index is 1.91. The van der Waals surface area contributed by atoms with Gasteiger partial charge in [-0.1, -0.05) is 18.2 Å². The molecule has 0 aliphatic carbocycles. The van der Waals surface area contributed by atoms with Crippen LogP contribution in [0.3, 0.4) is 0 Å². The highest BCUT2D eigenvalue weighted by atomic mass is 32.2. The summed E-state index contributed by atoms with van der Waals surface area (Å²) in [5, 5.41) is 27.5. The Bertz CT molecular complexity index is 1080. The number of benzene rings is 2. The van der Waals surface area contributed by atoms with E-state index in [0.717, 1.165) is 27.1 Å². The molecule has 0 fully saturated rings. The highest BCUT2D eigenvalue weighted by Crippen LogP contribution is 2.45. The fourth-order valence-corrected chi connectivity index (χ4v) is 4.42. The Morgan fingerprint density at radius 3 is 2.59 bits per heavy atom. The van der Waals surface area contributed by atoms with E-state index in [1.54, 1.807) is 16.7 Å². The summed E-state index contributed by atoms with van der Waals surface area (Å²) in [6.45, 7) is 3.90. The van der Waals surface area contributed by atoms with Crippen LogP contribution in [-0.2, 0) is 0 Å². The molecule has 2 aromatic carbocycles. The number of nitrogens with zero attached hydrogens (tertiary/aromatic N) is 2. The van der Waals surface area contributed by atoms with Crippen molar-refractivity contribution in [2.24, 2.45) is 0 Å². The van der Waals surface area contributed by atoms with Crippen LogP contribution in [-0.4, -0.2) is 50.6 Å². The van der Waals surface area contributed by atoms with Crippen LogP contribution in [0.4, 0.5) is 0 Å². The molecule has 0 radical (unpaired) electrons. The number of hydrogen-bond donors (Lipinski definition) is 3. The topological polar surface area (TPSA) is 89.5 Å². The number of aromatic hydroxyl groups is 1. The minimum absolute atomic E-state index is 0.132. The Morgan fingerprint density at radius 2 is 1.93 bits per heavy atom. The number of phenolic OH excluding ortho intramolecular Hbond substituents is 1. The van der Waals surface area contributed by atoms with Crippen LogP contribution in [0, 0.1) is 13.8 Å². The first-order valence-corrected chi connectivity index (χ1v) is 10.6. The monoisotopic (exact) mass is 409 g/mol. The zero-order valence-electron chi connectivity index (χ0n) is 16.6. The molecule has 1 aliphatic heterocycles. The number of carbonyl (C=O) groups is 1. The van der Waals surface area contributed by atoms with E-state index in [1.165, 1.54) is 0 Å². The van der Waals surface area contributed by atoms with Crippen molar-refractivity contribution in [3.63, 3.8) is 0 Å². The minimum atomic E-state index is -0.380. The van der Waals surface area contributed by atoms with E-state index < -0.39 is 0 Å². The van der Waals surface area contributed by atoms with Crippen LogP contribution in [0.5, 0.6) is 5.75 Å². The molecular weight excluding hydrogens is 386 g/mol. The number of β-amino-alcohol motifs (C(OH)–C–C–N with tert-alkyl or cyclic N) is 1. The lowest BCUT2D eigenvalue weighted by molar-refractivity contribution is 0.0706. The molecule has 0 saturated heterocycles. The summed E-state index contributed by atoms with van der Waals surface area (Å²) in [4.78, 5) is 15.8. The van der Waals surface area contributed by atoms with Gasteiger partial charge in [0.25, 0.3) is 5.91 Å². The summed E-state index contributed by atoms with van der Waals surface area (Å²) in [5.74, 6) is -0.0370. The van der Waals surface area contributed by atoms with Crippen LogP contribution in [0.1, 0.15) is 38.8 Å². The average Bonchev–Trinajstić information content (AvgIpc) is 3.25. The van der Waals surface area contributed by atoms with Crippen LogP contribution >= 0.6 is 11.8 Å². The first-order valence-electron chi connectivity index (χ1n) is 9.40. The molecule has 1 amide bonds. The zero-order chi connectivity index (χ0) is 20.7. The number of rotatable bonds is 5. The van der Waals surface area contributed by atoms with Crippen molar-refractivity contribution >= 4 is 17.7 Å². The van der Waals surface area contributed by atoms with Crippen LogP contribution in [0.15, 0.2) is 41.3 Å². The normalized spacial score (nSPS) is 15.8. The zero-order valence-corrected chi connectivity index (χ0v) is 17.4. The molecule has 3 aromatic rings. The van der Waals surface area contributed by atoms with Crippen molar-refractivity contribution in [2.75, 3.05) is 19.4 Å². The standard InChI is InChI=1S/C22H23N3O3S/c1-12-10-13(2)21(27)16(11-12)18-17-19(24-23-18)22(28)25(8-9-26)20(17)14-4-6-15(29-3)7-5-14/h4-7,10-11,20,26-27H,8-9H2,1-3H3,(H,23,24)/t20-/m0/s1. The second kappa shape index (κ2) is 7.57. The lowest BCUT2D eigenvalue weighted by Crippen LogP contribution is -2.32. The third-order valence-corrected chi connectivity index (χ3v) is 6.08. The Hall–Kier alpha value is -2.77. The van der Waals surface area contributed by atoms with Crippen LogP contribution in [0.25, 0.3) is 11.3 Å². The van der Waals surface area contributed by atoms with E-state index in [0.29, 0.717) is 17.0 Å². The predicted molar refractivity (Wildman–Crippen MR) is 113 cm³/mol. The van der Waals surface area contributed by atoms with Crippen molar-refractivity contribution in [2.45, 2.75) is 24.8 Å². The van der Waals surface area contributed by atoms with Crippen molar-refractivity contribution in [1.29, 1.82) is 0 Å². The number of aryl methyl sites for hydroxylation is 2. The number of hydrogen-bond acceptors (Lipinski definition) is 5. The molecule has 150 valence electrons. The number of aromatic amines is 1. The average molecular weight is 410 g/mol. The lowest BCUT2D eigenvalue weighted by atomic mass is 9.94. The van der Waals surface area contributed by atoms with Gasteiger partial charge in [0.05, 0.1) is 12.6 Å². The number of phenols is 1. The summed E-state index contributed by atoms with van der Waals surface area (Å²) >= 11 is 1.65. The maximum absolute atomic E-state index is 13.0. The summed E-state index contributed by atoms with van der Waals surface area (Å²) < 4.78 is 0. The number of fused-ring (bicyclic) bond motifs is 1. The van der Waals surface area contributed by atoms with Gasteiger partial charge in [-0.05, 0) is 55.0 Å². The van der Waals surface area contributed by atoms with Gasteiger partial charge in [0, 0.05) is 22.6 Å². The molecule has 29 heavy (non-hydrogen) atoms. The van der Waals surface area contributed by atoms with Gasteiger partial charge in [-0.15, -0.1) is 11.8 Å². The largest absolute Gasteiger partial charge is 0.507 e. The number of nitrogens with one attached hydrogen (secondary N) is 1. The third-order valence-electron chi connectivity index (χ3n) is 5.34. The number of aromatic nitrogens is 2. The molecule has 0 unspecified atom stereocenters. The van der Waals surface area contributed by atoms with Crippen molar-refractivity contribution in [3.05, 3.63) is 64.3 Å². The van der Waals surface area contributed by atoms with Crippen molar-refractivity contribution in [3.8, 4) is 17.0 Å². The van der Waals surface area contributed by atoms with Gasteiger partial charge in [-0.2, -0.15) is 5.10 Å². The van der Waals surface area contributed by atoms with E-state index >= 15 is 0 Å². The van der Waals surface area contributed by atoms with Crippen LogP contribution in [0.2, 0.25) is 0 Å². The molecule has 0 saturated carbocycles. The van der Waals surface area contributed by atoms with Crippen LogP contribution < -0.4 is 0 Å². The number of carbonyl (C=O) groups excluding carboxylic acids is 1. The first kappa shape index (κ1) is 19.5. The predicted octanol–water partition coefficient (Wildman–Crippen LogP) is 3.66. The van der Waals surface area contributed by atoms with E-state index in [1.807, 2.05) is 56.5 Å². The van der Waals surface area contributed by atoms with Gasteiger partial charge in [-0.3, -0.25) is 9.89 Å². The smallest absolute Gasteiger partial charge is 0.273 e. The third kappa shape index (κ3) is 3.20. The SMILES string of the molecule is CSc1ccc([C@H]2c3c(-c4cc(C)cc(C)c4O)n[nH]c3C(=O)N2CCO)cc1. The van der Waals surface area contributed by atoms with Gasteiger partial charge in [-0.25, -0.2) is 0 Å². The molecule has 2 heterocycles. The van der Waals surface area contributed by atoms with E-state index in [-0.39, 0.29) is 30.9 Å². The van der Waals surface area contributed by atoms with E-state index in [9.17, 15) is 15.0 Å². The molecule has 7 heteroatoms. The van der Waals surface area contributed by atoms with E-state index in [2.05, 4.69) is 10.2 Å². The molecule has 6 nitrogen and oxygen atoms in total.